The Morgan fingerprint density at radius 2 is 2.00 bits per heavy atom. The van der Waals surface area contributed by atoms with Gasteiger partial charge in [-0.15, -0.1) is 0 Å². The fourth-order valence-electron chi connectivity index (χ4n) is 0.242. The van der Waals surface area contributed by atoms with Crippen molar-refractivity contribution in [3.63, 3.8) is 0 Å². The van der Waals surface area contributed by atoms with Crippen LogP contribution in [-0.4, -0.2) is 12.0 Å². The molecule has 0 aliphatic carbocycles. The highest BCUT2D eigenvalue weighted by Gasteiger charge is 1.90. The summed E-state index contributed by atoms with van der Waals surface area (Å²) in [5.41, 5.74) is 0.625. The second-order valence-corrected chi connectivity index (χ2v) is 1.57. The lowest BCUT2D eigenvalue weighted by atomic mass is 10.2. The second kappa shape index (κ2) is 3.13. The minimum atomic E-state index is 0.0218. The molecule has 0 atom stereocenters. The Kier molecular flexibility index (Phi) is 2.77. The molecule has 0 aliphatic heterocycles. The first-order chi connectivity index (χ1) is 3.68. The molecule has 0 aromatic carbocycles. The van der Waals surface area contributed by atoms with Gasteiger partial charge < -0.3 is 5.41 Å². The molecule has 0 aliphatic rings. The number of allylic oxidation sites excluding steroid dienone is 2. The SMILES string of the molecule is CC(=O)/C(C)=C/C=N. The minimum absolute atomic E-state index is 0.0218. The van der Waals surface area contributed by atoms with E-state index in [1.165, 1.54) is 13.0 Å². The molecule has 0 heterocycles. The summed E-state index contributed by atoms with van der Waals surface area (Å²) in [6.45, 7) is 3.17. The Morgan fingerprint density at radius 1 is 1.50 bits per heavy atom. The Labute approximate surface area is 48.7 Å². The summed E-state index contributed by atoms with van der Waals surface area (Å²) in [6, 6.07) is 0. The van der Waals surface area contributed by atoms with E-state index in [-0.39, 0.29) is 5.78 Å². The van der Waals surface area contributed by atoms with E-state index in [0.29, 0.717) is 5.57 Å². The average molecular weight is 111 g/mol. The van der Waals surface area contributed by atoms with Gasteiger partial charge in [0.15, 0.2) is 5.78 Å². The number of carbonyl (C=O) groups is 1. The van der Waals surface area contributed by atoms with Crippen LogP contribution in [0, 0.1) is 5.41 Å². The number of nitrogens with one attached hydrogen (secondary N) is 1. The van der Waals surface area contributed by atoms with Gasteiger partial charge in [0, 0.05) is 6.21 Å². The molecule has 2 nitrogen and oxygen atoms in total. The largest absolute Gasteiger partial charge is 0.309 e. The topological polar surface area (TPSA) is 40.9 Å². The predicted molar refractivity (Wildman–Crippen MR) is 33.2 cm³/mol. The molecule has 44 valence electrons. The maximum absolute atomic E-state index is 10.4. The lowest BCUT2D eigenvalue weighted by Gasteiger charge is -1.85. The van der Waals surface area contributed by atoms with Crippen molar-refractivity contribution < 1.29 is 4.79 Å². The number of rotatable bonds is 2. The highest BCUT2D eigenvalue weighted by Crippen LogP contribution is 1.89. The van der Waals surface area contributed by atoms with E-state index in [0.717, 1.165) is 6.21 Å². The van der Waals surface area contributed by atoms with Gasteiger partial charge in [-0.3, -0.25) is 4.79 Å². The van der Waals surface area contributed by atoms with Gasteiger partial charge in [-0.25, -0.2) is 0 Å². The molecular weight excluding hydrogens is 102 g/mol. The van der Waals surface area contributed by atoms with E-state index in [1.807, 2.05) is 0 Å². The molecule has 0 aromatic rings. The number of hydrogen-bond acceptors (Lipinski definition) is 2. The highest BCUT2D eigenvalue weighted by atomic mass is 16.1. The average Bonchev–Trinajstić information content (AvgIpc) is 1.67. The Hall–Kier alpha value is -0.920. The number of carbonyl (C=O) groups excluding carboxylic acids is 1. The predicted octanol–water partition coefficient (Wildman–Crippen LogP) is 1.17. The quantitative estimate of drug-likeness (QED) is 0.421. The summed E-state index contributed by atoms with van der Waals surface area (Å²) in [6.07, 6.45) is 2.58. The minimum Gasteiger partial charge on any atom is -0.309 e. The van der Waals surface area contributed by atoms with Crippen LogP contribution in [0.5, 0.6) is 0 Å². The van der Waals surface area contributed by atoms with Gasteiger partial charge >= 0.3 is 0 Å². The molecule has 0 rings (SSSR count). The van der Waals surface area contributed by atoms with Crippen molar-refractivity contribution in [2.45, 2.75) is 13.8 Å². The van der Waals surface area contributed by atoms with Crippen LogP contribution >= 0.6 is 0 Å². The van der Waals surface area contributed by atoms with E-state index < -0.39 is 0 Å². The van der Waals surface area contributed by atoms with E-state index in [2.05, 4.69) is 0 Å². The molecule has 0 aromatic heterocycles. The van der Waals surface area contributed by atoms with E-state index >= 15 is 0 Å². The van der Waals surface area contributed by atoms with Crippen molar-refractivity contribution in [3.8, 4) is 0 Å². The third-order valence-corrected chi connectivity index (χ3v) is 0.889. The van der Waals surface area contributed by atoms with Gasteiger partial charge in [0.1, 0.15) is 0 Å². The molecule has 0 radical (unpaired) electrons. The van der Waals surface area contributed by atoms with E-state index in [1.54, 1.807) is 6.92 Å². The van der Waals surface area contributed by atoms with Crippen LogP contribution in [0.3, 0.4) is 0 Å². The molecule has 0 saturated heterocycles. The molecule has 0 saturated carbocycles. The zero-order valence-corrected chi connectivity index (χ0v) is 5.06. The van der Waals surface area contributed by atoms with Gasteiger partial charge in [0.05, 0.1) is 0 Å². The zero-order valence-electron chi connectivity index (χ0n) is 5.06. The van der Waals surface area contributed by atoms with Crippen LogP contribution in [0.1, 0.15) is 13.8 Å². The molecule has 8 heavy (non-hydrogen) atoms. The van der Waals surface area contributed by atoms with Crippen molar-refractivity contribution in [3.05, 3.63) is 11.6 Å². The summed E-state index contributed by atoms with van der Waals surface area (Å²) in [5, 5.41) is 6.57. The number of Topliss-reactive ketones (excluding diaryl/α,β-unsaturated/α-hetero) is 1. The van der Waals surface area contributed by atoms with Crippen LogP contribution in [0.4, 0.5) is 0 Å². The van der Waals surface area contributed by atoms with Crippen LogP contribution in [0.2, 0.25) is 0 Å². The van der Waals surface area contributed by atoms with Crippen LogP contribution in [0.25, 0.3) is 0 Å². The molecule has 0 amide bonds. The molecule has 0 fully saturated rings. The molecule has 2 heteroatoms. The van der Waals surface area contributed by atoms with Gasteiger partial charge in [0.25, 0.3) is 0 Å². The van der Waals surface area contributed by atoms with Gasteiger partial charge in [-0.1, -0.05) is 0 Å². The number of hydrogen-bond donors (Lipinski definition) is 1. The second-order valence-electron chi connectivity index (χ2n) is 1.57. The monoisotopic (exact) mass is 111 g/mol. The summed E-state index contributed by atoms with van der Waals surface area (Å²) in [4.78, 5) is 10.4. The van der Waals surface area contributed by atoms with Crippen LogP contribution < -0.4 is 0 Å². The van der Waals surface area contributed by atoms with Crippen molar-refractivity contribution in [1.29, 1.82) is 5.41 Å². The first-order valence-corrected chi connectivity index (χ1v) is 2.36. The standard InChI is InChI=1S/C6H9NO/c1-5(3-4-7)6(2)8/h3-4,7H,1-2H3/b5-3+,7-4?. The molecule has 1 N–H and O–H groups in total. The number of ketones is 1. The summed E-state index contributed by atoms with van der Waals surface area (Å²) < 4.78 is 0. The maximum atomic E-state index is 10.4. The summed E-state index contributed by atoms with van der Waals surface area (Å²) >= 11 is 0. The smallest absolute Gasteiger partial charge is 0.155 e. The fourth-order valence-corrected chi connectivity index (χ4v) is 0.242. The Bertz CT molecular complexity index is 135. The summed E-state index contributed by atoms with van der Waals surface area (Å²) in [7, 11) is 0. The van der Waals surface area contributed by atoms with Crippen LogP contribution in [-0.2, 0) is 4.79 Å². The third-order valence-electron chi connectivity index (χ3n) is 0.889. The highest BCUT2D eigenvalue weighted by molar-refractivity contribution is 5.96. The first-order valence-electron chi connectivity index (χ1n) is 2.36. The molecule has 0 bridgehead atoms. The Balaban J connectivity index is 3.99. The lowest BCUT2D eigenvalue weighted by molar-refractivity contribution is -0.113. The molecule has 0 spiro atoms. The Morgan fingerprint density at radius 3 is 2.12 bits per heavy atom. The van der Waals surface area contributed by atoms with Crippen molar-refractivity contribution in [1.82, 2.24) is 0 Å². The van der Waals surface area contributed by atoms with E-state index in [4.69, 9.17) is 5.41 Å². The third kappa shape index (κ3) is 2.29. The van der Waals surface area contributed by atoms with E-state index in [9.17, 15) is 4.79 Å². The maximum Gasteiger partial charge on any atom is 0.155 e. The van der Waals surface area contributed by atoms with Gasteiger partial charge in [0.2, 0.25) is 0 Å². The van der Waals surface area contributed by atoms with Crippen molar-refractivity contribution in [2.24, 2.45) is 0 Å². The molecular formula is C6H9NO. The lowest BCUT2D eigenvalue weighted by Crippen LogP contribution is -1.90. The van der Waals surface area contributed by atoms with Gasteiger partial charge in [-0.05, 0) is 25.5 Å². The summed E-state index contributed by atoms with van der Waals surface area (Å²) in [5.74, 6) is 0.0218. The normalized spacial score (nSPS) is 11.0. The zero-order chi connectivity index (χ0) is 6.57. The molecule has 0 unspecified atom stereocenters. The fraction of sp³-hybridized carbons (Fsp3) is 0.333. The van der Waals surface area contributed by atoms with Crippen molar-refractivity contribution >= 4 is 12.0 Å². The first kappa shape index (κ1) is 7.08. The van der Waals surface area contributed by atoms with Crippen LogP contribution in [0.15, 0.2) is 11.6 Å². The van der Waals surface area contributed by atoms with Gasteiger partial charge in [-0.2, -0.15) is 0 Å². The van der Waals surface area contributed by atoms with Crippen molar-refractivity contribution in [2.75, 3.05) is 0 Å².